The van der Waals surface area contributed by atoms with Crippen molar-refractivity contribution >= 4 is 46.5 Å². The summed E-state index contributed by atoms with van der Waals surface area (Å²) in [5.41, 5.74) is 4.97. The largest absolute Gasteiger partial charge is 0.348 e. The maximum absolute atomic E-state index is 12.1. The highest BCUT2D eigenvalue weighted by molar-refractivity contribution is 7.13. The number of hydrogen-bond donors (Lipinski definition) is 1. The average molecular weight is 465 g/mol. The SMILES string of the molecule is O=C(/C=C/c1ccc(Cl)c(Cl)c1)NCc1ccc(-c2nc(-c3ccccc3)cs2)cc1. The van der Waals surface area contributed by atoms with Gasteiger partial charge in [-0.1, -0.05) is 83.9 Å². The van der Waals surface area contributed by atoms with Gasteiger partial charge in [0.05, 0.1) is 15.7 Å². The molecule has 0 aliphatic carbocycles. The molecule has 1 amide bonds. The molecule has 0 spiro atoms. The third-order valence-electron chi connectivity index (χ3n) is 4.61. The van der Waals surface area contributed by atoms with Gasteiger partial charge in [0, 0.05) is 29.1 Å². The third-order valence-corrected chi connectivity index (χ3v) is 6.24. The average Bonchev–Trinajstić information content (AvgIpc) is 3.30. The lowest BCUT2D eigenvalue weighted by atomic mass is 10.1. The minimum Gasteiger partial charge on any atom is -0.348 e. The standard InChI is InChI=1S/C25H18Cl2N2OS/c26-21-12-8-17(14-22(21)27)9-13-24(30)28-15-18-6-10-20(11-7-18)25-29-23(16-31-25)19-4-2-1-3-5-19/h1-14,16H,15H2,(H,28,30)/b13-9+. The van der Waals surface area contributed by atoms with Gasteiger partial charge in [-0.3, -0.25) is 4.79 Å². The summed E-state index contributed by atoms with van der Waals surface area (Å²) >= 11 is 13.5. The predicted octanol–water partition coefficient (Wildman–Crippen LogP) is 7.11. The fourth-order valence-electron chi connectivity index (χ4n) is 2.95. The molecule has 1 N–H and O–H groups in total. The predicted molar refractivity (Wildman–Crippen MR) is 130 cm³/mol. The van der Waals surface area contributed by atoms with Crippen molar-refractivity contribution in [3.05, 3.63) is 105 Å². The molecule has 0 bridgehead atoms. The Balaban J connectivity index is 1.34. The van der Waals surface area contributed by atoms with Crippen molar-refractivity contribution in [3.63, 3.8) is 0 Å². The molecule has 4 aromatic rings. The molecule has 154 valence electrons. The first-order chi connectivity index (χ1) is 15.1. The highest BCUT2D eigenvalue weighted by Crippen LogP contribution is 2.29. The number of halogens is 2. The zero-order valence-corrected chi connectivity index (χ0v) is 18.7. The van der Waals surface area contributed by atoms with E-state index < -0.39 is 0 Å². The molecule has 0 unspecified atom stereocenters. The molecule has 0 atom stereocenters. The van der Waals surface area contributed by atoms with Crippen LogP contribution in [0.5, 0.6) is 0 Å². The summed E-state index contributed by atoms with van der Waals surface area (Å²) in [7, 11) is 0. The Bertz CT molecular complexity index is 1220. The molecular weight excluding hydrogens is 447 g/mol. The van der Waals surface area contributed by atoms with Crippen LogP contribution in [0.25, 0.3) is 27.9 Å². The van der Waals surface area contributed by atoms with Gasteiger partial charge in [0.25, 0.3) is 0 Å². The molecule has 0 radical (unpaired) electrons. The number of amides is 1. The molecule has 31 heavy (non-hydrogen) atoms. The smallest absolute Gasteiger partial charge is 0.244 e. The molecule has 0 saturated heterocycles. The molecule has 3 nitrogen and oxygen atoms in total. The van der Waals surface area contributed by atoms with Gasteiger partial charge in [0.15, 0.2) is 0 Å². The normalized spacial score (nSPS) is 11.0. The molecule has 0 saturated carbocycles. The van der Waals surface area contributed by atoms with Crippen LogP contribution in [-0.2, 0) is 11.3 Å². The molecule has 4 rings (SSSR count). The number of benzene rings is 3. The summed E-state index contributed by atoms with van der Waals surface area (Å²) in [6.07, 6.45) is 3.18. The Morgan fingerprint density at radius 3 is 2.45 bits per heavy atom. The van der Waals surface area contributed by atoms with E-state index in [2.05, 4.69) is 22.8 Å². The second kappa shape index (κ2) is 9.92. The van der Waals surface area contributed by atoms with E-state index in [9.17, 15) is 4.79 Å². The maximum Gasteiger partial charge on any atom is 0.244 e. The van der Waals surface area contributed by atoms with Crippen molar-refractivity contribution in [1.82, 2.24) is 10.3 Å². The number of rotatable bonds is 6. The topological polar surface area (TPSA) is 42.0 Å². The van der Waals surface area contributed by atoms with Gasteiger partial charge in [0.1, 0.15) is 5.01 Å². The molecule has 6 heteroatoms. The number of carbonyl (C=O) groups is 1. The van der Waals surface area contributed by atoms with Crippen LogP contribution in [0.3, 0.4) is 0 Å². The molecule has 1 heterocycles. The van der Waals surface area contributed by atoms with E-state index in [4.69, 9.17) is 28.2 Å². The summed E-state index contributed by atoms with van der Waals surface area (Å²) in [6, 6.07) is 23.4. The number of nitrogens with one attached hydrogen (secondary N) is 1. The van der Waals surface area contributed by atoms with E-state index in [1.807, 2.05) is 42.5 Å². The van der Waals surface area contributed by atoms with E-state index in [1.165, 1.54) is 6.08 Å². The lowest BCUT2D eigenvalue weighted by Gasteiger charge is -2.04. The van der Waals surface area contributed by atoms with Crippen molar-refractivity contribution in [2.75, 3.05) is 0 Å². The van der Waals surface area contributed by atoms with Crippen LogP contribution in [0.4, 0.5) is 0 Å². The Labute approximate surface area is 195 Å². The van der Waals surface area contributed by atoms with E-state index in [0.717, 1.165) is 33.0 Å². The van der Waals surface area contributed by atoms with Gasteiger partial charge >= 0.3 is 0 Å². The zero-order chi connectivity index (χ0) is 21.6. The van der Waals surface area contributed by atoms with Crippen molar-refractivity contribution in [2.24, 2.45) is 0 Å². The zero-order valence-electron chi connectivity index (χ0n) is 16.4. The van der Waals surface area contributed by atoms with Crippen molar-refractivity contribution in [2.45, 2.75) is 6.54 Å². The maximum atomic E-state index is 12.1. The van der Waals surface area contributed by atoms with Crippen LogP contribution < -0.4 is 5.32 Å². The van der Waals surface area contributed by atoms with Crippen LogP contribution in [0.15, 0.2) is 84.3 Å². The summed E-state index contributed by atoms with van der Waals surface area (Å²) in [5, 5.41) is 6.87. The Morgan fingerprint density at radius 2 is 1.71 bits per heavy atom. The van der Waals surface area contributed by atoms with Crippen LogP contribution >= 0.6 is 34.5 Å². The van der Waals surface area contributed by atoms with E-state index in [0.29, 0.717) is 16.6 Å². The summed E-state index contributed by atoms with van der Waals surface area (Å²) in [5.74, 6) is -0.178. The molecule has 3 aromatic carbocycles. The number of aromatic nitrogens is 1. The number of nitrogens with zero attached hydrogens (tertiary/aromatic N) is 1. The number of carbonyl (C=O) groups excluding carboxylic acids is 1. The first kappa shape index (κ1) is 21.3. The quantitative estimate of drug-likeness (QED) is 0.308. The summed E-state index contributed by atoms with van der Waals surface area (Å²) in [4.78, 5) is 16.8. The number of hydrogen-bond acceptors (Lipinski definition) is 3. The molecule has 1 aromatic heterocycles. The summed E-state index contributed by atoms with van der Waals surface area (Å²) < 4.78 is 0. The van der Waals surface area contributed by atoms with E-state index in [-0.39, 0.29) is 5.91 Å². The fourth-order valence-corrected chi connectivity index (χ4v) is 4.09. The van der Waals surface area contributed by atoms with Gasteiger partial charge in [-0.15, -0.1) is 11.3 Å². The lowest BCUT2D eigenvalue weighted by molar-refractivity contribution is -0.116. The second-order valence-corrected chi connectivity index (χ2v) is 8.50. The van der Waals surface area contributed by atoms with Gasteiger partial charge in [0.2, 0.25) is 5.91 Å². The Kier molecular flexibility index (Phi) is 6.82. The molecule has 0 aliphatic heterocycles. The van der Waals surface area contributed by atoms with Crippen LogP contribution in [-0.4, -0.2) is 10.9 Å². The lowest BCUT2D eigenvalue weighted by Crippen LogP contribution is -2.20. The Hall–Kier alpha value is -2.92. The monoisotopic (exact) mass is 464 g/mol. The van der Waals surface area contributed by atoms with Gasteiger partial charge in [-0.2, -0.15) is 0 Å². The van der Waals surface area contributed by atoms with Gasteiger partial charge in [-0.05, 0) is 29.3 Å². The molecular formula is C25H18Cl2N2OS. The fraction of sp³-hybridized carbons (Fsp3) is 0.0400. The first-order valence-corrected chi connectivity index (χ1v) is 11.2. The van der Waals surface area contributed by atoms with Crippen LogP contribution in [0.1, 0.15) is 11.1 Å². The highest BCUT2D eigenvalue weighted by Gasteiger charge is 2.07. The van der Waals surface area contributed by atoms with Crippen LogP contribution in [0.2, 0.25) is 10.0 Å². The van der Waals surface area contributed by atoms with Crippen LogP contribution in [0, 0.1) is 0 Å². The highest BCUT2D eigenvalue weighted by atomic mass is 35.5. The molecule has 0 aliphatic rings. The molecule has 0 fully saturated rings. The first-order valence-electron chi connectivity index (χ1n) is 9.60. The van der Waals surface area contributed by atoms with Gasteiger partial charge in [-0.25, -0.2) is 4.98 Å². The minimum absolute atomic E-state index is 0.178. The third kappa shape index (κ3) is 5.61. The second-order valence-electron chi connectivity index (χ2n) is 6.83. The Morgan fingerprint density at radius 1 is 0.935 bits per heavy atom. The van der Waals surface area contributed by atoms with E-state index >= 15 is 0 Å². The van der Waals surface area contributed by atoms with Crippen molar-refractivity contribution in [3.8, 4) is 21.8 Å². The summed E-state index contributed by atoms with van der Waals surface area (Å²) in [6.45, 7) is 0.442. The number of thiazole rings is 1. The van der Waals surface area contributed by atoms with Crippen molar-refractivity contribution in [1.29, 1.82) is 0 Å². The van der Waals surface area contributed by atoms with E-state index in [1.54, 1.807) is 35.6 Å². The minimum atomic E-state index is -0.178. The van der Waals surface area contributed by atoms with Gasteiger partial charge < -0.3 is 5.32 Å². The van der Waals surface area contributed by atoms with Crippen molar-refractivity contribution < 1.29 is 4.79 Å².